The number of ether oxygens (including phenoxy) is 1. The first-order valence-corrected chi connectivity index (χ1v) is 9.54. The maximum absolute atomic E-state index is 13.1. The summed E-state index contributed by atoms with van der Waals surface area (Å²) < 4.78 is 5.28. The molecule has 4 atom stereocenters. The second-order valence-electron chi connectivity index (χ2n) is 8.85. The molecular formula is C19H32N2O5. The van der Waals surface area contributed by atoms with Crippen molar-refractivity contribution in [2.75, 3.05) is 0 Å². The first-order chi connectivity index (χ1) is 12.0. The Morgan fingerprint density at radius 3 is 2.38 bits per heavy atom. The van der Waals surface area contributed by atoms with Gasteiger partial charge < -0.3 is 20.1 Å². The number of carboxylic acids is 1. The second kappa shape index (κ2) is 7.84. The third-order valence-electron chi connectivity index (χ3n) is 5.37. The summed E-state index contributed by atoms with van der Waals surface area (Å²) in [7, 11) is 0. The average Bonchev–Trinajstić information content (AvgIpc) is 2.89. The molecule has 0 saturated carbocycles. The largest absolute Gasteiger partial charge is 0.480 e. The van der Waals surface area contributed by atoms with Crippen molar-refractivity contribution in [1.82, 2.24) is 10.2 Å². The molecule has 2 fully saturated rings. The Morgan fingerprint density at radius 2 is 1.85 bits per heavy atom. The summed E-state index contributed by atoms with van der Waals surface area (Å²) in [6.45, 7) is 9.59. The zero-order valence-corrected chi connectivity index (χ0v) is 16.4. The zero-order valence-electron chi connectivity index (χ0n) is 16.4. The van der Waals surface area contributed by atoms with Crippen molar-refractivity contribution in [3.63, 3.8) is 0 Å². The van der Waals surface area contributed by atoms with E-state index in [1.54, 1.807) is 20.8 Å². The van der Waals surface area contributed by atoms with E-state index < -0.39 is 29.7 Å². The van der Waals surface area contributed by atoms with Gasteiger partial charge in [-0.3, -0.25) is 4.79 Å². The van der Waals surface area contributed by atoms with Crippen LogP contribution in [0.4, 0.5) is 4.79 Å². The van der Waals surface area contributed by atoms with Gasteiger partial charge in [0.2, 0.25) is 5.91 Å². The molecule has 2 amide bonds. The molecule has 0 bridgehead atoms. The highest BCUT2D eigenvalue weighted by Gasteiger charge is 2.45. The number of amides is 2. The highest BCUT2D eigenvalue weighted by Crippen LogP contribution is 2.36. The summed E-state index contributed by atoms with van der Waals surface area (Å²) in [5.74, 6) is -0.436. The summed E-state index contributed by atoms with van der Waals surface area (Å²) in [6.07, 6.45) is 2.68. The van der Waals surface area contributed by atoms with E-state index in [1.165, 1.54) is 4.90 Å². The predicted octanol–water partition coefficient (Wildman–Crippen LogP) is 2.78. The lowest BCUT2D eigenvalue weighted by molar-refractivity contribution is -0.151. The van der Waals surface area contributed by atoms with Crippen molar-refractivity contribution in [1.29, 1.82) is 0 Å². The highest BCUT2D eigenvalue weighted by atomic mass is 16.6. The summed E-state index contributed by atoms with van der Waals surface area (Å²) >= 11 is 0. The highest BCUT2D eigenvalue weighted by molar-refractivity contribution is 5.90. The summed E-state index contributed by atoms with van der Waals surface area (Å²) in [5, 5.41) is 12.2. The number of carbonyl (C=O) groups excluding carboxylic acids is 2. The minimum atomic E-state index is -0.974. The minimum Gasteiger partial charge on any atom is -0.480 e. The first kappa shape index (κ1) is 20.5. The molecule has 2 N–H and O–H groups in total. The van der Waals surface area contributed by atoms with E-state index in [0.29, 0.717) is 31.1 Å². The van der Waals surface area contributed by atoms with E-state index in [4.69, 9.17) is 4.74 Å². The standard InChI is InChI=1S/C19H32N2O5/c1-11(2)12-6-8-14(20-18(25)26-19(3,4)5)16(22)21-13(10-12)7-9-15(21)17(23)24/h11-15H,6-10H2,1-5H3,(H,20,25)(H,23,24)/t12-,13?,14+,15+/m1/s1. The molecule has 0 aromatic heterocycles. The van der Waals surface area contributed by atoms with Gasteiger partial charge in [-0.05, 0) is 64.7 Å². The molecule has 7 heteroatoms. The Morgan fingerprint density at radius 1 is 1.19 bits per heavy atom. The van der Waals surface area contributed by atoms with Crippen LogP contribution in [-0.4, -0.2) is 51.7 Å². The van der Waals surface area contributed by atoms with Crippen molar-refractivity contribution < 1.29 is 24.2 Å². The zero-order chi connectivity index (χ0) is 19.6. The van der Waals surface area contributed by atoms with Crippen LogP contribution < -0.4 is 5.32 Å². The summed E-state index contributed by atoms with van der Waals surface area (Å²) in [4.78, 5) is 38.4. The Bertz CT molecular complexity index is 555. The van der Waals surface area contributed by atoms with Gasteiger partial charge in [-0.25, -0.2) is 9.59 Å². The molecule has 26 heavy (non-hydrogen) atoms. The molecule has 2 saturated heterocycles. The van der Waals surface area contributed by atoms with Crippen LogP contribution in [0, 0.1) is 11.8 Å². The normalized spacial score (nSPS) is 29.8. The minimum absolute atomic E-state index is 0.0702. The summed E-state index contributed by atoms with van der Waals surface area (Å²) in [5.41, 5.74) is -0.658. The number of aliphatic carboxylic acids is 1. The van der Waals surface area contributed by atoms with Gasteiger partial charge in [0.1, 0.15) is 17.7 Å². The Labute approximate surface area is 155 Å². The lowest BCUT2D eigenvalue weighted by Gasteiger charge is -2.38. The molecule has 1 unspecified atom stereocenters. The number of carboxylic acid groups (broad SMARTS) is 1. The van der Waals surface area contributed by atoms with Crippen LogP contribution in [0.5, 0.6) is 0 Å². The van der Waals surface area contributed by atoms with Crippen LogP contribution >= 0.6 is 0 Å². The van der Waals surface area contributed by atoms with Crippen LogP contribution in [0.2, 0.25) is 0 Å². The number of hydrogen-bond acceptors (Lipinski definition) is 4. The van der Waals surface area contributed by atoms with E-state index >= 15 is 0 Å². The van der Waals surface area contributed by atoms with Gasteiger partial charge in [0.25, 0.3) is 0 Å². The second-order valence-corrected chi connectivity index (χ2v) is 8.85. The van der Waals surface area contributed by atoms with E-state index in [-0.39, 0.29) is 11.9 Å². The monoisotopic (exact) mass is 368 g/mol. The fourth-order valence-electron chi connectivity index (χ4n) is 4.03. The van der Waals surface area contributed by atoms with Gasteiger partial charge in [0.05, 0.1) is 0 Å². The topological polar surface area (TPSA) is 95.9 Å². The third kappa shape index (κ3) is 4.89. The number of rotatable bonds is 3. The molecule has 148 valence electrons. The van der Waals surface area contributed by atoms with Gasteiger partial charge in [0.15, 0.2) is 0 Å². The molecule has 2 rings (SSSR count). The average molecular weight is 368 g/mol. The quantitative estimate of drug-likeness (QED) is 0.798. The fourth-order valence-corrected chi connectivity index (χ4v) is 4.03. The number of nitrogens with zero attached hydrogens (tertiary/aromatic N) is 1. The van der Waals surface area contributed by atoms with E-state index in [2.05, 4.69) is 19.2 Å². The van der Waals surface area contributed by atoms with Gasteiger partial charge in [-0.1, -0.05) is 13.8 Å². The lowest BCUT2D eigenvalue weighted by Crippen LogP contribution is -2.56. The SMILES string of the molecule is CC(C)[C@@H]1CC[C@H](NC(=O)OC(C)(C)C)C(=O)N2C(CC[C@H]2C(=O)O)C1. The van der Waals surface area contributed by atoms with Crippen molar-refractivity contribution in [2.24, 2.45) is 11.8 Å². The number of nitrogens with one attached hydrogen (secondary N) is 1. The number of carbonyl (C=O) groups is 3. The Hall–Kier alpha value is -1.79. The third-order valence-corrected chi connectivity index (χ3v) is 5.37. The number of hydrogen-bond donors (Lipinski definition) is 2. The number of fused-ring (bicyclic) bond motifs is 1. The van der Waals surface area contributed by atoms with Crippen molar-refractivity contribution in [3.8, 4) is 0 Å². The first-order valence-electron chi connectivity index (χ1n) is 9.54. The van der Waals surface area contributed by atoms with E-state index in [0.717, 1.165) is 12.8 Å². The fraction of sp³-hybridized carbons (Fsp3) is 0.842. The molecule has 0 aromatic rings. The van der Waals surface area contributed by atoms with Crippen molar-refractivity contribution in [2.45, 2.75) is 90.4 Å². The van der Waals surface area contributed by atoms with Crippen LogP contribution in [0.3, 0.4) is 0 Å². The predicted molar refractivity (Wildman–Crippen MR) is 96.6 cm³/mol. The Kier molecular flexibility index (Phi) is 6.19. The van der Waals surface area contributed by atoms with Gasteiger partial charge in [0, 0.05) is 6.04 Å². The maximum Gasteiger partial charge on any atom is 0.408 e. The molecule has 7 nitrogen and oxygen atoms in total. The van der Waals surface area contributed by atoms with Gasteiger partial charge in [-0.2, -0.15) is 0 Å². The maximum atomic E-state index is 13.1. The molecule has 0 aromatic carbocycles. The molecule has 0 spiro atoms. The van der Waals surface area contributed by atoms with E-state index in [9.17, 15) is 19.5 Å². The van der Waals surface area contributed by atoms with Crippen molar-refractivity contribution >= 4 is 18.0 Å². The van der Waals surface area contributed by atoms with Crippen LogP contribution in [-0.2, 0) is 14.3 Å². The van der Waals surface area contributed by atoms with Crippen LogP contribution in [0.1, 0.15) is 66.7 Å². The van der Waals surface area contributed by atoms with Crippen LogP contribution in [0.25, 0.3) is 0 Å². The van der Waals surface area contributed by atoms with Crippen molar-refractivity contribution in [3.05, 3.63) is 0 Å². The van der Waals surface area contributed by atoms with Gasteiger partial charge >= 0.3 is 12.1 Å². The smallest absolute Gasteiger partial charge is 0.408 e. The molecular weight excluding hydrogens is 336 g/mol. The summed E-state index contributed by atoms with van der Waals surface area (Å²) in [6, 6.07) is -1.62. The van der Waals surface area contributed by atoms with E-state index in [1.807, 2.05) is 0 Å². The van der Waals surface area contributed by atoms with Crippen LogP contribution in [0.15, 0.2) is 0 Å². The molecule has 0 radical (unpaired) electrons. The van der Waals surface area contributed by atoms with Gasteiger partial charge in [-0.15, -0.1) is 0 Å². The lowest BCUT2D eigenvalue weighted by atomic mass is 9.82. The Balaban J connectivity index is 2.22. The molecule has 2 aliphatic heterocycles. The molecule has 2 aliphatic rings. The molecule has 0 aliphatic carbocycles. The number of alkyl carbamates (subject to hydrolysis) is 1. The molecule has 2 heterocycles.